The van der Waals surface area contributed by atoms with Crippen LogP contribution < -0.4 is 0 Å². The minimum Gasteiger partial charge on any atom is -0.0998 e. The van der Waals surface area contributed by atoms with E-state index in [4.69, 9.17) is 0 Å². The Kier molecular flexibility index (Phi) is 5.77. The largest absolute Gasteiger partial charge is 0.0998 e. The van der Waals surface area contributed by atoms with Gasteiger partial charge in [-0.3, -0.25) is 0 Å². The first-order valence-electron chi connectivity index (χ1n) is 11.6. The van der Waals surface area contributed by atoms with Gasteiger partial charge in [0.15, 0.2) is 0 Å². The fraction of sp³-hybridized carbons (Fsp3) is 0.920. The molecule has 0 aliphatic heterocycles. The van der Waals surface area contributed by atoms with Crippen LogP contribution >= 0.6 is 0 Å². The highest BCUT2D eigenvalue weighted by Crippen LogP contribution is 2.66. The van der Waals surface area contributed by atoms with Crippen LogP contribution in [0.4, 0.5) is 0 Å². The molecule has 25 heavy (non-hydrogen) atoms. The van der Waals surface area contributed by atoms with E-state index in [1.54, 1.807) is 25.7 Å². The Morgan fingerprint density at radius 1 is 0.880 bits per heavy atom. The molecule has 4 fully saturated rings. The number of fused-ring (bicyclic) bond motifs is 5. The third-order valence-corrected chi connectivity index (χ3v) is 9.09. The van der Waals surface area contributed by atoms with Crippen molar-refractivity contribution in [2.75, 3.05) is 0 Å². The fourth-order valence-corrected chi connectivity index (χ4v) is 8.50. The van der Waals surface area contributed by atoms with Crippen molar-refractivity contribution in [1.82, 2.24) is 0 Å². The molecule has 0 amide bonds. The molecule has 0 nitrogen and oxygen atoms in total. The van der Waals surface area contributed by atoms with Gasteiger partial charge in [0.1, 0.15) is 0 Å². The van der Waals surface area contributed by atoms with Crippen molar-refractivity contribution in [2.24, 2.45) is 52.8 Å². The highest BCUT2D eigenvalue weighted by molar-refractivity contribution is 5.15. The first kappa shape index (κ1) is 19.5. The minimum atomic E-state index is 0.571. The summed E-state index contributed by atoms with van der Waals surface area (Å²) in [7, 11) is 0. The van der Waals surface area contributed by atoms with Crippen molar-refractivity contribution in [3.63, 3.8) is 0 Å². The monoisotopic (exact) mass is 344 g/mol. The van der Waals surface area contributed by atoms with Gasteiger partial charge in [-0.15, -0.1) is 0 Å². The molecule has 0 radical (unpaired) electrons. The lowest BCUT2D eigenvalue weighted by molar-refractivity contribution is -0.0635. The Hall–Kier alpha value is -0.260. The lowest BCUT2D eigenvalue weighted by Gasteiger charge is -2.56. The van der Waals surface area contributed by atoms with Crippen LogP contribution in [0, 0.1) is 52.8 Å². The molecule has 4 rings (SSSR count). The summed E-state index contributed by atoms with van der Waals surface area (Å²) in [5, 5.41) is 0. The molecule has 0 N–H and O–H groups in total. The second-order valence-electron chi connectivity index (χ2n) is 10.4. The minimum absolute atomic E-state index is 0.571. The van der Waals surface area contributed by atoms with E-state index in [9.17, 15) is 0 Å². The smallest absolute Gasteiger partial charge is 0.0126 e. The van der Waals surface area contributed by atoms with Crippen LogP contribution in [0.1, 0.15) is 92.9 Å². The Labute approximate surface area is 158 Å². The molecule has 0 heterocycles. The summed E-state index contributed by atoms with van der Waals surface area (Å²) in [6.07, 6.45) is 12.2. The Morgan fingerprint density at radius 3 is 2.24 bits per heavy atom. The van der Waals surface area contributed by atoms with Crippen molar-refractivity contribution in [3.05, 3.63) is 12.2 Å². The highest BCUT2D eigenvalue weighted by Gasteiger charge is 2.58. The lowest BCUT2D eigenvalue weighted by atomic mass is 9.49. The number of hydrogen-bond acceptors (Lipinski definition) is 0. The van der Waals surface area contributed by atoms with E-state index in [0.29, 0.717) is 5.41 Å². The molecule has 4 saturated carbocycles. The molecule has 9 atom stereocenters. The predicted octanol–water partition coefficient (Wildman–Crippen LogP) is 7.74. The van der Waals surface area contributed by atoms with E-state index < -0.39 is 0 Å². The van der Waals surface area contributed by atoms with E-state index in [1.165, 1.54) is 31.3 Å². The zero-order chi connectivity index (χ0) is 18.4. The molecular weight excluding hydrogens is 300 g/mol. The van der Waals surface area contributed by atoms with Crippen LogP contribution in [0.5, 0.6) is 0 Å². The van der Waals surface area contributed by atoms with E-state index in [1.807, 2.05) is 13.8 Å². The third kappa shape index (κ3) is 3.14. The molecular formula is C25H44. The summed E-state index contributed by atoms with van der Waals surface area (Å²) in [5.41, 5.74) is 2.04. The molecule has 0 bridgehead atoms. The van der Waals surface area contributed by atoms with E-state index >= 15 is 0 Å². The summed E-state index contributed by atoms with van der Waals surface area (Å²) < 4.78 is 0. The second-order valence-corrected chi connectivity index (χ2v) is 10.4. The van der Waals surface area contributed by atoms with Crippen LogP contribution in [0.25, 0.3) is 0 Å². The van der Waals surface area contributed by atoms with Crippen LogP contribution in [-0.4, -0.2) is 0 Å². The lowest BCUT2D eigenvalue weighted by Crippen LogP contribution is -2.48. The molecule has 0 aromatic rings. The SMILES string of the molecule is C=C(C)C1C(C)CC2C3CCC4CC(C)CCC4C3CCC21C.CC. The van der Waals surface area contributed by atoms with Crippen LogP contribution in [0.3, 0.4) is 0 Å². The van der Waals surface area contributed by atoms with Gasteiger partial charge in [-0.05, 0) is 105 Å². The van der Waals surface area contributed by atoms with E-state index in [-0.39, 0.29) is 0 Å². The van der Waals surface area contributed by atoms with Gasteiger partial charge in [0, 0.05) is 0 Å². The second kappa shape index (κ2) is 7.40. The summed E-state index contributed by atoms with van der Waals surface area (Å²) in [6, 6.07) is 0. The molecule has 0 heteroatoms. The summed E-state index contributed by atoms with van der Waals surface area (Å²) >= 11 is 0. The van der Waals surface area contributed by atoms with Gasteiger partial charge in [0.05, 0.1) is 0 Å². The van der Waals surface area contributed by atoms with Gasteiger partial charge in [-0.25, -0.2) is 0 Å². The van der Waals surface area contributed by atoms with Crippen molar-refractivity contribution in [3.8, 4) is 0 Å². The average Bonchev–Trinajstić information content (AvgIpc) is 2.86. The number of allylic oxidation sites excluding steroid dienone is 1. The highest BCUT2D eigenvalue weighted by atomic mass is 14.6. The van der Waals surface area contributed by atoms with Crippen molar-refractivity contribution in [1.29, 1.82) is 0 Å². The topological polar surface area (TPSA) is 0 Å². The van der Waals surface area contributed by atoms with Crippen molar-refractivity contribution in [2.45, 2.75) is 92.9 Å². The first-order chi connectivity index (χ1) is 11.9. The van der Waals surface area contributed by atoms with Gasteiger partial charge < -0.3 is 0 Å². The summed E-state index contributed by atoms with van der Waals surface area (Å²) in [6.45, 7) is 18.4. The fourth-order valence-electron chi connectivity index (χ4n) is 8.50. The Morgan fingerprint density at radius 2 is 1.56 bits per heavy atom. The molecule has 4 aliphatic rings. The Balaban J connectivity index is 0.000000880. The molecule has 0 aromatic heterocycles. The van der Waals surface area contributed by atoms with Gasteiger partial charge >= 0.3 is 0 Å². The van der Waals surface area contributed by atoms with Crippen LogP contribution in [0.15, 0.2) is 12.2 Å². The molecule has 0 aromatic carbocycles. The van der Waals surface area contributed by atoms with Gasteiger partial charge in [0.2, 0.25) is 0 Å². The normalized spacial score (nSPS) is 51.4. The maximum absolute atomic E-state index is 4.40. The quantitative estimate of drug-likeness (QED) is 0.427. The number of rotatable bonds is 1. The molecule has 144 valence electrons. The zero-order valence-corrected chi connectivity index (χ0v) is 18.0. The molecule has 0 saturated heterocycles. The standard InChI is InChI=1S/C23H38.C2H6/c1-14(2)22-16(4)13-21-20-9-7-17-12-15(3)6-8-18(17)19(20)10-11-23(21,22)5;1-2/h15-22H,1,6-13H2,2-5H3;1-2H3. The first-order valence-corrected chi connectivity index (χ1v) is 11.6. The molecule has 0 spiro atoms. The van der Waals surface area contributed by atoms with Crippen molar-refractivity contribution >= 4 is 0 Å². The van der Waals surface area contributed by atoms with Crippen molar-refractivity contribution < 1.29 is 0 Å². The molecule has 4 aliphatic carbocycles. The third-order valence-electron chi connectivity index (χ3n) is 9.09. The maximum atomic E-state index is 4.40. The molecule has 9 unspecified atom stereocenters. The van der Waals surface area contributed by atoms with Gasteiger partial charge in [-0.1, -0.05) is 53.2 Å². The maximum Gasteiger partial charge on any atom is -0.0126 e. The van der Waals surface area contributed by atoms with Gasteiger partial charge in [-0.2, -0.15) is 0 Å². The average molecular weight is 345 g/mol. The van der Waals surface area contributed by atoms with E-state index in [0.717, 1.165) is 47.3 Å². The van der Waals surface area contributed by atoms with Crippen LogP contribution in [-0.2, 0) is 0 Å². The summed E-state index contributed by atoms with van der Waals surface area (Å²) in [5.74, 6) is 7.96. The van der Waals surface area contributed by atoms with E-state index in [2.05, 4.69) is 34.3 Å². The van der Waals surface area contributed by atoms with Gasteiger partial charge in [0.25, 0.3) is 0 Å². The summed E-state index contributed by atoms with van der Waals surface area (Å²) in [4.78, 5) is 0. The van der Waals surface area contributed by atoms with Crippen LogP contribution in [0.2, 0.25) is 0 Å². The number of hydrogen-bond donors (Lipinski definition) is 0. The zero-order valence-electron chi connectivity index (χ0n) is 18.0. The predicted molar refractivity (Wildman–Crippen MR) is 110 cm³/mol. The Bertz CT molecular complexity index is 476.